The molecule has 0 saturated heterocycles. The zero-order valence-corrected chi connectivity index (χ0v) is 12.9. The van der Waals surface area contributed by atoms with Crippen molar-refractivity contribution in [3.63, 3.8) is 0 Å². The van der Waals surface area contributed by atoms with Crippen LogP contribution in [0.4, 0.5) is 0 Å². The molecule has 4 heteroatoms. The predicted octanol–water partition coefficient (Wildman–Crippen LogP) is 3.49. The maximum atomic E-state index is 10.7. The van der Waals surface area contributed by atoms with Gasteiger partial charge in [-0.3, -0.25) is 9.69 Å². The van der Waals surface area contributed by atoms with Crippen LogP contribution in [-0.2, 0) is 24.2 Å². The average molecular weight is 301 g/mol. The standard InChI is InChI=1S/C17H19NO2S/c1-12-15-7-9-21-16(15)6-8-18(12)11-14-4-2-13(3-5-14)10-17(19)20/h2-5,7,9,12H,6,8,10-11H2,1H3,(H,19,20). The van der Waals surface area contributed by atoms with Gasteiger partial charge in [0.15, 0.2) is 0 Å². The van der Waals surface area contributed by atoms with E-state index in [2.05, 4.69) is 23.3 Å². The van der Waals surface area contributed by atoms with E-state index in [1.54, 1.807) is 0 Å². The van der Waals surface area contributed by atoms with E-state index in [-0.39, 0.29) is 6.42 Å². The highest BCUT2D eigenvalue weighted by atomic mass is 32.1. The summed E-state index contributed by atoms with van der Waals surface area (Å²) in [5.74, 6) is -0.780. The van der Waals surface area contributed by atoms with Crippen LogP contribution in [0.25, 0.3) is 0 Å². The number of carboxylic acids is 1. The van der Waals surface area contributed by atoms with Gasteiger partial charge >= 0.3 is 5.97 Å². The Morgan fingerprint density at radius 2 is 2.00 bits per heavy atom. The van der Waals surface area contributed by atoms with Crippen LogP contribution >= 0.6 is 11.3 Å². The van der Waals surface area contributed by atoms with Gasteiger partial charge in [-0.1, -0.05) is 24.3 Å². The van der Waals surface area contributed by atoms with Gasteiger partial charge in [-0.25, -0.2) is 0 Å². The summed E-state index contributed by atoms with van der Waals surface area (Å²) >= 11 is 1.86. The zero-order valence-electron chi connectivity index (χ0n) is 12.1. The molecule has 3 rings (SSSR count). The average Bonchev–Trinajstić information content (AvgIpc) is 2.93. The van der Waals surface area contributed by atoms with Crippen molar-refractivity contribution in [2.75, 3.05) is 6.54 Å². The summed E-state index contributed by atoms with van der Waals surface area (Å²) in [4.78, 5) is 14.7. The molecule has 1 unspecified atom stereocenters. The van der Waals surface area contributed by atoms with Crippen LogP contribution < -0.4 is 0 Å². The first-order valence-electron chi connectivity index (χ1n) is 7.23. The van der Waals surface area contributed by atoms with E-state index in [0.29, 0.717) is 6.04 Å². The number of hydrogen-bond acceptors (Lipinski definition) is 3. The minimum Gasteiger partial charge on any atom is -0.481 e. The summed E-state index contributed by atoms with van der Waals surface area (Å²) in [5.41, 5.74) is 3.57. The highest BCUT2D eigenvalue weighted by Crippen LogP contribution is 2.33. The highest BCUT2D eigenvalue weighted by Gasteiger charge is 2.24. The number of aliphatic carboxylic acids is 1. The van der Waals surface area contributed by atoms with Crippen molar-refractivity contribution in [3.05, 3.63) is 57.3 Å². The van der Waals surface area contributed by atoms with E-state index in [9.17, 15) is 4.79 Å². The van der Waals surface area contributed by atoms with E-state index in [1.807, 2.05) is 35.6 Å². The normalized spacial score (nSPS) is 18.4. The number of nitrogens with zero attached hydrogens (tertiary/aromatic N) is 1. The Morgan fingerprint density at radius 1 is 1.29 bits per heavy atom. The SMILES string of the molecule is CC1c2ccsc2CCN1Cc1ccc(CC(=O)O)cc1. The zero-order chi connectivity index (χ0) is 14.8. The van der Waals surface area contributed by atoms with Crippen LogP contribution in [0.2, 0.25) is 0 Å². The molecule has 0 saturated carbocycles. The Balaban J connectivity index is 1.68. The van der Waals surface area contributed by atoms with Gasteiger partial charge in [-0.05, 0) is 41.5 Å². The van der Waals surface area contributed by atoms with Gasteiger partial charge in [0.05, 0.1) is 6.42 Å². The minimum atomic E-state index is -0.780. The maximum Gasteiger partial charge on any atom is 0.307 e. The summed E-state index contributed by atoms with van der Waals surface area (Å²) < 4.78 is 0. The lowest BCUT2D eigenvalue weighted by Crippen LogP contribution is -2.32. The fraction of sp³-hybridized carbons (Fsp3) is 0.353. The van der Waals surface area contributed by atoms with Gasteiger partial charge < -0.3 is 5.11 Å². The molecular weight excluding hydrogens is 282 g/mol. The smallest absolute Gasteiger partial charge is 0.307 e. The molecule has 1 N–H and O–H groups in total. The van der Waals surface area contributed by atoms with Crippen molar-refractivity contribution in [2.24, 2.45) is 0 Å². The highest BCUT2D eigenvalue weighted by molar-refractivity contribution is 7.10. The number of hydrogen-bond donors (Lipinski definition) is 1. The third kappa shape index (κ3) is 3.17. The summed E-state index contributed by atoms with van der Waals surface area (Å²) in [6, 6.07) is 10.6. The van der Waals surface area contributed by atoms with Crippen molar-refractivity contribution in [3.8, 4) is 0 Å². The van der Waals surface area contributed by atoms with E-state index in [1.165, 1.54) is 16.0 Å². The van der Waals surface area contributed by atoms with Gasteiger partial charge in [0.25, 0.3) is 0 Å². The summed E-state index contributed by atoms with van der Waals surface area (Å²) in [7, 11) is 0. The Labute approximate surface area is 128 Å². The Morgan fingerprint density at radius 3 is 2.71 bits per heavy atom. The molecule has 0 fully saturated rings. The van der Waals surface area contributed by atoms with Crippen molar-refractivity contribution in [2.45, 2.75) is 32.4 Å². The first kappa shape index (κ1) is 14.3. The van der Waals surface area contributed by atoms with Crippen LogP contribution in [0.3, 0.4) is 0 Å². The summed E-state index contributed by atoms with van der Waals surface area (Å²) in [6.45, 7) is 4.28. The lowest BCUT2D eigenvalue weighted by atomic mass is 10.0. The first-order chi connectivity index (χ1) is 10.1. The number of carbonyl (C=O) groups is 1. The lowest BCUT2D eigenvalue weighted by Gasteiger charge is -2.33. The van der Waals surface area contributed by atoms with Crippen molar-refractivity contribution in [1.82, 2.24) is 4.90 Å². The Bertz CT molecular complexity index is 632. The van der Waals surface area contributed by atoms with Crippen LogP contribution in [0.1, 0.15) is 34.5 Å². The Kier molecular flexibility index (Phi) is 4.08. The maximum absolute atomic E-state index is 10.7. The lowest BCUT2D eigenvalue weighted by molar-refractivity contribution is -0.136. The molecule has 0 spiro atoms. The molecule has 21 heavy (non-hydrogen) atoms. The van der Waals surface area contributed by atoms with Gasteiger partial charge in [0, 0.05) is 24.0 Å². The monoisotopic (exact) mass is 301 g/mol. The fourth-order valence-electron chi connectivity index (χ4n) is 2.95. The van der Waals surface area contributed by atoms with Crippen molar-refractivity contribution < 1.29 is 9.90 Å². The Hall–Kier alpha value is -1.65. The molecule has 1 aromatic carbocycles. The van der Waals surface area contributed by atoms with Crippen LogP contribution in [0, 0.1) is 0 Å². The molecule has 2 aromatic rings. The van der Waals surface area contributed by atoms with E-state index >= 15 is 0 Å². The van der Waals surface area contributed by atoms with Gasteiger partial charge in [0.1, 0.15) is 0 Å². The number of benzene rings is 1. The molecule has 110 valence electrons. The second-order valence-corrected chi connectivity index (χ2v) is 6.58. The van der Waals surface area contributed by atoms with E-state index < -0.39 is 5.97 Å². The molecule has 0 radical (unpaired) electrons. The second kappa shape index (κ2) is 6.00. The first-order valence-corrected chi connectivity index (χ1v) is 8.11. The molecule has 0 aliphatic carbocycles. The van der Waals surface area contributed by atoms with E-state index in [4.69, 9.17) is 5.11 Å². The molecule has 1 aliphatic rings. The third-order valence-corrected chi connectivity index (χ3v) is 5.16. The van der Waals surface area contributed by atoms with Gasteiger partial charge in [-0.2, -0.15) is 0 Å². The molecule has 1 aromatic heterocycles. The van der Waals surface area contributed by atoms with Crippen LogP contribution in [0.5, 0.6) is 0 Å². The molecule has 3 nitrogen and oxygen atoms in total. The second-order valence-electron chi connectivity index (χ2n) is 5.58. The van der Waals surface area contributed by atoms with Crippen molar-refractivity contribution >= 4 is 17.3 Å². The van der Waals surface area contributed by atoms with Gasteiger partial charge in [0.2, 0.25) is 0 Å². The quantitative estimate of drug-likeness (QED) is 0.939. The fourth-order valence-corrected chi connectivity index (χ4v) is 3.91. The number of thiophene rings is 1. The van der Waals surface area contributed by atoms with Crippen molar-refractivity contribution in [1.29, 1.82) is 0 Å². The molecule has 0 amide bonds. The van der Waals surface area contributed by atoms with Crippen LogP contribution in [0.15, 0.2) is 35.7 Å². The predicted molar refractivity (Wildman–Crippen MR) is 84.6 cm³/mol. The topological polar surface area (TPSA) is 40.5 Å². The van der Waals surface area contributed by atoms with Crippen LogP contribution in [-0.4, -0.2) is 22.5 Å². The molecule has 1 atom stereocenters. The summed E-state index contributed by atoms with van der Waals surface area (Å²) in [5, 5.41) is 11.0. The largest absolute Gasteiger partial charge is 0.481 e. The number of fused-ring (bicyclic) bond motifs is 1. The minimum absolute atomic E-state index is 0.0959. The number of rotatable bonds is 4. The summed E-state index contributed by atoms with van der Waals surface area (Å²) in [6.07, 6.45) is 1.23. The molecular formula is C17H19NO2S. The van der Waals surface area contributed by atoms with Gasteiger partial charge in [-0.15, -0.1) is 11.3 Å². The molecule has 1 aliphatic heterocycles. The molecule has 0 bridgehead atoms. The number of carboxylic acid groups (broad SMARTS) is 1. The molecule has 2 heterocycles. The third-order valence-electron chi connectivity index (χ3n) is 4.17. The van der Waals surface area contributed by atoms with E-state index in [0.717, 1.165) is 25.1 Å².